The minimum absolute atomic E-state index is 0.0649. The van der Waals surface area contributed by atoms with Crippen LogP contribution in [0.15, 0.2) is 0 Å². The van der Waals surface area contributed by atoms with Crippen LogP contribution in [0.1, 0.15) is 20.3 Å². The molecule has 0 radical (unpaired) electrons. The molecule has 3 heteroatoms. The first-order valence-electron chi connectivity index (χ1n) is 4.76. The van der Waals surface area contributed by atoms with Gasteiger partial charge < -0.3 is 14.9 Å². The van der Waals surface area contributed by atoms with Crippen molar-refractivity contribution in [2.24, 2.45) is 0 Å². The molecule has 0 amide bonds. The molecule has 0 rings (SSSR count). The third kappa shape index (κ3) is 5.24. The topological polar surface area (TPSA) is 26.7 Å². The maximum atomic E-state index is 9.74. The van der Waals surface area contributed by atoms with E-state index in [0.717, 1.165) is 13.0 Å². The lowest BCUT2D eigenvalue weighted by atomic mass is 9.95. The second-order valence-corrected chi connectivity index (χ2v) is 4.83. The number of aliphatic hydroxyl groups excluding tert-OH is 1. The van der Waals surface area contributed by atoms with Crippen LogP contribution in [-0.2, 0) is 0 Å². The summed E-state index contributed by atoms with van der Waals surface area (Å²) in [6.45, 7) is 5.02. The van der Waals surface area contributed by atoms with Crippen molar-refractivity contribution in [3.8, 4) is 0 Å². The molecule has 0 saturated carbocycles. The van der Waals surface area contributed by atoms with Crippen molar-refractivity contribution in [2.45, 2.75) is 31.9 Å². The van der Waals surface area contributed by atoms with Crippen LogP contribution in [0.4, 0.5) is 0 Å². The van der Waals surface area contributed by atoms with Crippen molar-refractivity contribution < 1.29 is 5.11 Å². The van der Waals surface area contributed by atoms with E-state index in [1.54, 1.807) is 0 Å². The molecule has 1 atom stereocenters. The Hall–Kier alpha value is -0.120. The number of hydrogen-bond acceptors (Lipinski definition) is 3. The molecule has 0 spiro atoms. The molecular weight excluding hydrogens is 164 g/mol. The summed E-state index contributed by atoms with van der Waals surface area (Å²) in [5, 5.41) is 9.74. The van der Waals surface area contributed by atoms with Gasteiger partial charge in [-0.25, -0.2) is 0 Å². The molecule has 1 unspecified atom stereocenters. The van der Waals surface area contributed by atoms with Gasteiger partial charge in [-0.2, -0.15) is 0 Å². The lowest BCUT2D eigenvalue weighted by Crippen LogP contribution is -2.43. The number of nitrogens with zero attached hydrogens (tertiary/aromatic N) is 2. The number of aliphatic hydroxyl groups is 1. The normalized spacial score (nSPS) is 15.5. The van der Waals surface area contributed by atoms with Gasteiger partial charge in [-0.15, -0.1) is 0 Å². The Kier molecular flexibility index (Phi) is 4.89. The summed E-state index contributed by atoms with van der Waals surface area (Å²) in [5.41, 5.74) is 0.0649. The minimum atomic E-state index is -0.243. The number of rotatable bonds is 5. The monoisotopic (exact) mass is 188 g/mol. The van der Waals surface area contributed by atoms with Gasteiger partial charge in [0.2, 0.25) is 0 Å². The van der Waals surface area contributed by atoms with Crippen LogP contribution in [0, 0.1) is 0 Å². The van der Waals surface area contributed by atoms with Crippen LogP contribution < -0.4 is 0 Å². The Bertz CT molecular complexity index is 144. The highest BCUT2D eigenvalue weighted by molar-refractivity contribution is 4.81. The Morgan fingerprint density at radius 3 is 1.92 bits per heavy atom. The fourth-order valence-electron chi connectivity index (χ4n) is 1.25. The van der Waals surface area contributed by atoms with E-state index >= 15 is 0 Å². The third-order valence-corrected chi connectivity index (χ3v) is 2.52. The zero-order valence-electron chi connectivity index (χ0n) is 9.83. The fraction of sp³-hybridized carbons (Fsp3) is 1.00. The zero-order valence-corrected chi connectivity index (χ0v) is 9.83. The number of hydrogen-bond donors (Lipinski definition) is 1. The molecule has 0 aromatic heterocycles. The van der Waals surface area contributed by atoms with Crippen molar-refractivity contribution >= 4 is 0 Å². The minimum Gasteiger partial charge on any atom is -0.392 e. The molecule has 0 bridgehead atoms. The molecule has 0 aliphatic rings. The van der Waals surface area contributed by atoms with E-state index in [9.17, 15) is 5.11 Å². The Balaban J connectivity index is 3.96. The van der Waals surface area contributed by atoms with Crippen molar-refractivity contribution in [3.05, 3.63) is 0 Å². The van der Waals surface area contributed by atoms with E-state index in [1.807, 2.05) is 33.1 Å². The first-order chi connectivity index (χ1) is 5.75. The SMILES string of the molecule is CN(C)CC(O)CC(C)(C)N(C)C. The lowest BCUT2D eigenvalue weighted by molar-refractivity contribution is 0.0653. The Labute approximate surface area is 82.3 Å². The molecule has 3 nitrogen and oxygen atoms in total. The standard InChI is InChI=1S/C10H24N2O/c1-10(2,12(5)6)7-9(13)8-11(3)4/h9,13H,7-8H2,1-6H3. The third-order valence-electron chi connectivity index (χ3n) is 2.52. The predicted molar refractivity (Wildman–Crippen MR) is 56.9 cm³/mol. The highest BCUT2D eigenvalue weighted by Gasteiger charge is 2.24. The van der Waals surface area contributed by atoms with Crippen LogP contribution in [0.5, 0.6) is 0 Å². The fourth-order valence-corrected chi connectivity index (χ4v) is 1.25. The van der Waals surface area contributed by atoms with Gasteiger partial charge in [-0.3, -0.25) is 0 Å². The van der Waals surface area contributed by atoms with Gasteiger partial charge in [0.15, 0.2) is 0 Å². The van der Waals surface area contributed by atoms with Crippen LogP contribution in [0.2, 0.25) is 0 Å². The largest absolute Gasteiger partial charge is 0.392 e. The second kappa shape index (κ2) is 4.94. The van der Waals surface area contributed by atoms with E-state index in [1.165, 1.54) is 0 Å². The van der Waals surface area contributed by atoms with Gasteiger partial charge >= 0.3 is 0 Å². The summed E-state index contributed by atoms with van der Waals surface area (Å²) in [7, 11) is 8.04. The van der Waals surface area contributed by atoms with E-state index in [-0.39, 0.29) is 11.6 Å². The van der Waals surface area contributed by atoms with Gasteiger partial charge in [-0.05, 0) is 48.5 Å². The lowest BCUT2D eigenvalue weighted by Gasteiger charge is -2.35. The van der Waals surface area contributed by atoms with Gasteiger partial charge in [0, 0.05) is 12.1 Å². The summed E-state index contributed by atoms with van der Waals surface area (Å²) < 4.78 is 0. The first kappa shape index (κ1) is 12.9. The first-order valence-corrected chi connectivity index (χ1v) is 4.76. The van der Waals surface area contributed by atoms with Gasteiger partial charge in [0.05, 0.1) is 6.10 Å². The molecule has 0 aliphatic heterocycles. The maximum absolute atomic E-state index is 9.74. The average molecular weight is 188 g/mol. The Morgan fingerprint density at radius 1 is 1.15 bits per heavy atom. The van der Waals surface area contributed by atoms with Crippen molar-refractivity contribution in [1.29, 1.82) is 0 Å². The molecule has 80 valence electrons. The summed E-state index contributed by atoms with van der Waals surface area (Å²) in [4.78, 5) is 4.16. The molecule has 0 aliphatic carbocycles. The molecule has 0 heterocycles. The molecule has 0 aromatic rings. The Morgan fingerprint density at radius 2 is 1.62 bits per heavy atom. The van der Waals surface area contributed by atoms with Crippen LogP contribution in [0.25, 0.3) is 0 Å². The summed E-state index contributed by atoms with van der Waals surface area (Å²) >= 11 is 0. The summed E-state index contributed by atoms with van der Waals surface area (Å²) in [5.74, 6) is 0. The molecule has 0 aromatic carbocycles. The van der Waals surface area contributed by atoms with Crippen molar-refractivity contribution in [2.75, 3.05) is 34.7 Å². The number of likely N-dealkylation sites (N-methyl/N-ethyl adjacent to an activating group) is 1. The zero-order chi connectivity index (χ0) is 10.6. The summed E-state index contributed by atoms with van der Waals surface area (Å²) in [6, 6.07) is 0. The van der Waals surface area contributed by atoms with Crippen LogP contribution >= 0.6 is 0 Å². The molecule has 0 saturated heterocycles. The van der Waals surface area contributed by atoms with Crippen molar-refractivity contribution in [3.63, 3.8) is 0 Å². The molecule has 1 N–H and O–H groups in total. The van der Waals surface area contributed by atoms with Gasteiger partial charge in [0.25, 0.3) is 0 Å². The predicted octanol–water partition coefficient (Wildman–Crippen LogP) is 0.639. The van der Waals surface area contributed by atoms with E-state index in [0.29, 0.717) is 0 Å². The molecule has 0 fully saturated rings. The highest BCUT2D eigenvalue weighted by Crippen LogP contribution is 2.17. The maximum Gasteiger partial charge on any atom is 0.0684 e. The van der Waals surface area contributed by atoms with Crippen molar-refractivity contribution in [1.82, 2.24) is 9.80 Å². The molecular formula is C10H24N2O. The second-order valence-electron chi connectivity index (χ2n) is 4.83. The smallest absolute Gasteiger partial charge is 0.0684 e. The van der Waals surface area contributed by atoms with E-state index < -0.39 is 0 Å². The quantitative estimate of drug-likeness (QED) is 0.686. The average Bonchev–Trinajstić information content (AvgIpc) is 1.82. The van der Waals surface area contributed by atoms with Gasteiger partial charge in [-0.1, -0.05) is 0 Å². The van der Waals surface area contributed by atoms with Crippen LogP contribution in [0.3, 0.4) is 0 Å². The highest BCUT2D eigenvalue weighted by atomic mass is 16.3. The van der Waals surface area contributed by atoms with Crippen LogP contribution in [-0.4, -0.2) is 61.3 Å². The molecule has 13 heavy (non-hydrogen) atoms. The van der Waals surface area contributed by atoms with Gasteiger partial charge in [0.1, 0.15) is 0 Å². The van der Waals surface area contributed by atoms with E-state index in [2.05, 4.69) is 18.7 Å². The summed E-state index contributed by atoms with van der Waals surface area (Å²) in [6.07, 6.45) is 0.561. The van der Waals surface area contributed by atoms with E-state index in [4.69, 9.17) is 0 Å².